The molecule has 1 atom stereocenters. The summed E-state index contributed by atoms with van der Waals surface area (Å²) in [5, 5.41) is 9.51. The highest BCUT2D eigenvalue weighted by Crippen LogP contribution is 2.33. The van der Waals surface area contributed by atoms with E-state index < -0.39 is 0 Å². The van der Waals surface area contributed by atoms with E-state index in [2.05, 4.69) is 20.5 Å². The van der Waals surface area contributed by atoms with Crippen molar-refractivity contribution in [2.24, 2.45) is 5.92 Å². The van der Waals surface area contributed by atoms with Crippen LogP contribution in [0.25, 0.3) is 0 Å². The quantitative estimate of drug-likeness (QED) is 0.735. The van der Waals surface area contributed by atoms with Gasteiger partial charge in [0.15, 0.2) is 0 Å². The SMILES string of the molecule is O=C(NCCCc1ncn[nH]1)C1CCCN1C(=O)C1CC1. The third-order valence-corrected chi connectivity index (χ3v) is 4.12. The lowest BCUT2D eigenvalue weighted by molar-refractivity contribution is -0.139. The van der Waals surface area contributed by atoms with Crippen LogP contribution >= 0.6 is 0 Å². The van der Waals surface area contributed by atoms with Crippen LogP contribution in [-0.4, -0.2) is 51.0 Å². The smallest absolute Gasteiger partial charge is 0.242 e. The lowest BCUT2D eigenvalue weighted by Gasteiger charge is -2.24. The van der Waals surface area contributed by atoms with Gasteiger partial charge in [0.2, 0.25) is 11.8 Å². The van der Waals surface area contributed by atoms with Crippen LogP contribution in [0.15, 0.2) is 6.33 Å². The fourth-order valence-corrected chi connectivity index (χ4v) is 2.80. The standard InChI is InChI=1S/C14H21N5O2/c20-13(15-7-1-4-12-16-9-17-18-12)11-3-2-8-19(11)14(21)10-5-6-10/h9-11H,1-8H2,(H,15,20)(H,16,17,18). The number of carbonyl (C=O) groups is 2. The highest BCUT2D eigenvalue weighted by molar-refractivity contribution is 5.89. The molecule has 1 aromatic heterocycles. The average Bonchev–Trinajstić information content (AvgIpc) is 3.01. The molecule has 1 aliphatic heterocycles. The summed E-state index contributed by atoms with van der Waals surface area (Å²) >= 11 is 0. The molecule has 0 radical (unpaired) electrons. The summed E-state index contributed by atoms with van der Waals surface area (Å²) in [7, 11) is 0. The molecule has 1 saturated carbocycles. The maximum Gasteiger partial charge on any atom is 0.242 e. The number of H-pyrrole nitrogens is 1. The molecule has 1 saturated heterocycles. The Kier molecular flexibility index (Phi) is 4.17. The van der Waals surface area contributed by atoms with E-state index in [-0.39, 0.29) is 23.8 Å². The summed E-state index contributed by atoms with van der Waals surface area (Å²) in [4.78, 5) is 30.2. The average molecular weight is 291 g/mol. The second kappa shape index (κ2) is 6.24. The first-order valence-electron chi connectivity index (χ1n) is 7.68. The lowest BCUT2D eigenvalue weighted by Crippen LogP contribution is -2.46. The van der Waals surface area contributed by atoms with Crippen molar-refractivity contribution < 1.29 is 9.59 Å². The first-order chi connectivity index (χ1) is 10.3. The molecule has 1 aliphatic carbocycles. The van der Waals surface area contributed by atoms with Crippen molar-refractivity contribution in [2.45, 2.75) is 44.6 Å². The Hall–Kier alpha value is -1.92. The van der Waals surface area contributed by atoms with Crippen LogP contribution in [0.3, 0.4) is 0 Å². The molecular formula is C14H21N5O2. The molecule has 0 bridgehead atoms. The molecule has 21 heavy (non-hydrogen) atoms. The molecule has 3 rings (SSSR count). The van der Waals surface area contributed by atoms with E-state index in [4.69, 9.17) is 0 Å². The molecule has 7 nitrogen and oxygen atoms in total. The van der Waals surface area contributed by atoms with Crippen molar-refractivity contribution in [3.63, 3.8) is 0 Å². The van der Waals surface area contributed by atoms with Crippen LogP contribution in [0.2, 0.25) is 0 Å². The summed E-state index contributed by atoms with van der Waals surface area (Å²) < 4.78 is 0. The fraction of sp³-hybridized carbons (Fsp3) is 0.714. The third-order valence-electron chi connectivity index (χ3n) is 4.12. The maximum atomic E-state index is 12.2. The Balaban J connectivity index is 1.42. The molecule has 7 heteroatoms. The predicted molar refractivity (Wildman–Crippen MR) is 75.2 cm³/mol. The van der Waals surface area contributed by atoms with Gasteiger partial charge < -0.3 is 10.2 Å². The molecule has 2 heterocycles. The van der Waals surface area contributed by atoms with Crippen LogP contribution in [0.4, 0.5) is 0 Å². The molecule has 2 amide bonds. The number of amides is 2. The Bertz CT molecular complexity index is 497. The Morgan fingerprint density at radius 2 is 2.24 bits per heavy atom. The number of hydrogen-bond acceptors (Lipinski definition) is 4. The van der Waals surface area contributed by atoms with Gasteiger partial charge in [-0.15, -0.1) is 0 Å². The molecule has 0 aromatic carbocycles. The minimum absolute atomic E-state index is 0.0148. The molecule has 1 aromatic rings. The second-order valence-corrected chi connectivity index (χ2v) is 5.79. The van der Waals surface area contributed by atoms with Gasteiger partial charge in [-0.05, 0) is 32.1 Å². The first kappa shape index (κ1) is 14.0. The van der Waals surface area contributed by atoms with E-state index in [0.29, 0.717) is 6.54 Å². The molecule has 2 N–H and O–H groups in total. The van der Waals surface area contributed by atoms with Crippen LogP contribution in [0, 0.1) is 5.92 Å². The fourth-order valence-electron chi connectivity index (χ4n) is 2.80. The number of rotatable bonds is 6. The zero-order chi connectivity index (χ0) is 14.7. The summed E-state index contributed by atoms with van der Waals surface area (Å²) in [6, 6.07) is -0.261. The predicted octanol–water partition coefficient (Wildman–Crippen LogP) is 0.254. The van der Waals surface area contributed by atoms with Gasteiger partial charge in [-0.1, -0.05) is 0 Å². The zero-order valence-corrected chi connectivity index (χ0v) is 12.0. The number of nitrogens with one attached hydrogen (secondary N) is 2. The number of likely N-dealkylation sites (tertiary alicyclic amines) is 1. The summed E-state index contributed by atoms with van der Waals surface area (Å²) in [5.41, 5.74) is 0. The van der Waals surface area contributed by atoms with Gasteiger partial charge in [-0.3, -0.25) is 14.7 Å². The number of hydrogen-bond donors (Lipinski definition) is 2. The number of nitrogens with zero attached hydrogens (tertiary/aromatic N) is 3. The van der Waals surface area contributed by atoms with E-state index >= 15 is 0 Å². The topological polar surface area (TPSA) is 91.0 Å². The minimum Gasteiger partial charge on any atom is -0.354 e. The molecule has 2 aliphatic rings. The highest BCUT2D eigenvalue weighted by atomic mass is 16.2. The largest absolute Gasteiger partial charge is 0.354 e. The van der Waals surface area contributed by atoms with Crippen LogP contribution in [-0.2, 0) is 16.0 Å². The van der Waals surface area contributed by atoms with Crippen LogP contribution < -0.4 is 5.32 Å². The van der Waals surface area contributed by atoms with Gasteiger partial charge in [-0.25, -0.2) is 4.98 Å². The number of aryl methyl sites for hydroxylation is 1. The van der Waals surface area contributed by atoms with E-state index in [1.807, 2.05) is 0 Å². The van der Waals surface area contributed by atoms with Gasteiger partial charge in [0, 0.05) is 25.4 Å². The van der Waals surface area contributed by atoms with Gasteiger partial charge in [0.05, 0.1) is 0 Å². The highest BCUT2D eigenvalue weighted by Gasteiger charge is 2.40. The van der Waals surface area contributed by atoms with Crippen LogP contribution in [0.1, 0.15) is 37.9 Å². The molecular weight excluding hydrogens is 270 g/mol. The van der Waals surface area contributed by atoms with Crippen molar-refractivity contribution in [1.29, 1.82) is 0 Å². The third kappa shape index (κ3) is 3.40. The first-order valence-corrected chi connectivity index (χ1v) is 7.68. The number of carbonyl (C=O) groups excluding carboxylic acids is 2. The molecule has 2 fully saturated rings. The second-order valence-electron chi connectivity index (χ2n) is 5.79. The van der Waals surface area contributed by atoms with Crippen LogP contribution in [0.5, 0.6) is 0 Å². The van der Waals surface area contributed by atoms with E-state index in [1.54, 1.807) is 4.90 Å². The van der Waals surface area contributed by atoms with Crippen molar-refractivity contribution in [3.8, 4) is 0 Å². The Morgan fingerprint density at radius 1 is 1.38 bits per heavy atom. The molecule has 114 valence electrons. The van der Waals surface area contributed by atoms with Gasteiger partial charge in [0.25, 0.3) is 0 Å². The Morgan fingerprint density at radius 3 is 2.95 bits per heavy atom. The van der Waals surface area contributed by atoms with Gasteiger partial charge in [-0.2, -0.15) is 5.10 Å². The number of aromatic amines is 1. The maximum absolute atomic E-state index is 12.2. The van der Waals surface area contributed by atoms with Crippen molar-refractivity contribution in [2.75, 3.05) is 13.1 Å². The monoisotopic (exact) mass is 291 g/mol. The van der Waals surface area contributed by atoms with Gasteiger partial charge in [0.1, 0.15) is 18.2 Å². The van der Waals surface area contributed by atoms with Crippen molar-refractivity contribution in [1.82, 2.24) is 25.4 Å². The van der Waals surface area contributed by atoms with E-state index in [1.165, 1.54) is 6.33 Å². The Labute approximate surface area is 123 Å². The summed E-state index contributed by atoms with van der Waals surface area (Å²) in [5.74, 6) is 1.17. The number of aromatic nitrogens is 3. The van der Waals surface area contributed by atoms with Crippen molar-refractivity contribution in [3.05, 3.63) is 12.2 Å². The molecule has 0 spiro atoms. The summed E-state index contributed by atoms with van der Waals surface area (Å²) in [6.45, 7) is 1.33. The normalized spacial score (nSPS) is 21.5. The van der Waals surface area contributed by atoms with E-state index in [9.17, 15) is 9.59 Å². The van der Waals surface area contributed by atoms with E-state index in [0.717, 1.165) is 50.9 Å². The van der Waals surface area contributed by atoms with Crippen molar-refractivity contribution >= 4 is 11.8 Å². The van der Waals surface area contributed by atoms with Gasteiger partial charge >= 0.3 is 0 Å². The zero-order valence-electron chi connectivity index (χ0n) is 12.0. The molecule has 1 unspecified atom stereocenters. The minimum atomic E-state index is -0.261. The summed E-state index contributed by atoms with van der Waals surface area (Å²) in [6.07, 6.45) is 6.73. The lowest BCUT2D eigenvalue weighted by atomic mass is 10.2.